The highest BCUT2D eigenvalue weighted by Crippen LogP contribution is 2.22. The van der Waals surface area contributed by atoms with Crippen molar-refractivity contribution in [3.05, 3.63) is 28.8 Å². The summed E-state index contributed by atoms with van der Waals surface area (Å²) in [6, 6.07) is 2.63. The van der Waals surface area contributed by atoms with E-state index in [0.29, 0.717) is 11.1 Å². The number of carbonyl (C=O) groups is 2. The van der Waals surface area contributed by atoms with Crippen LogP contribution in [-0.4, -0.2) is 31.2 Å². The van der Waals surface area contributed by atoms with Crippen LogP contribution in [0.25, 0.3) is 0 Å². The molecule has 0 spiro atoms. The van der Waals surface area contributed by atoms with E-state index < -0.39 is 27.5 Å². The maximum atomic E-state index is 12.0. The zero-order valence-electron chi connectivity index (χ0n) is 10.6. The van der Waals surface area contributed by atoms with Crippen LogP contribution in [-0.2, 0) is 14.6 Å². The number of carboxylic acid groups (broad SMARTS) is 1. The highest BCUT2D eigenvalue weighted by molar-refractivity contribution is 7.91. The molecule has 0 fully saturated rings. The summed E-state index contributed by atoms with van der Waals surface area (Å²) in [4.78, 5) is 21.6. The largest absolute Gasteiger partial charge is 0.478 e. The molecular formula is C12H15NO5S. The third-order valence-corrected chi connectivity index (χ3v) is 4.56. The van der Waals surface area contributed by atoms with E-state index in [0.717, 1.165) is 6.07 Å². The van der Waals surface area contributed by atoms with E-state index in [4.69, 9.17) is 10.8 Å². The van der Waals surface area contributed by atoms with E-state index in [1.165, 1.54) is 6.07 Å². The standard InChI is InChI=1S/C12H15NO5S/c1-7-5-8(2)10(6-9(7)12(15)16)19(17,18)4-3-11(13)14/h5-6H,3-4H2,1-2H3,(H2,13,14)(H,15,16). The second kappa shape index (κ2) is 5.40. The molecular weight excluding hydrogens is 270 g/mol. The van der Waals surface area contributed by atoms with Crippen molar-refractivity contribution in [1.82, 2.24) is 0 Å². The number of rotatable bonds is 5. The van der Waals surface area contributed by atoms with Crippen molar-refractivity contribution >= 4 is 21.7 Å². The number of aromatic carboxylic acids is 1. The second-order valence-corrected chi connectivity index (χ2v) is 6.35. The molecule has 0 saturated heterocycles. The van der Waals surface area contributed by atoms with Gasteiger partial charge >= 0.3 is 5.97 Å². The first-order valence-corrected chi connectivity index (χ1v) is 7.16. The Bertz CT molecular complexity index is 634. The fourth-order valence-electron chi connectivity index (χ4n) is 1.74. The number of benzene rings is 1. The van der Waals surface area contributed by atoms with Crippen LogP contribution in [0, 0.1) is 13.8 Å². The number of carboxylic acids is 1. The third kappa shape index (κ3) is 3.54. The van der Waals surface area contributed by atoms with Gasteiger partial charge in [-0.1, -0.05) is 6.07 Å². The molecule has 1 aromatic rings. The van der Waals surface area contributed by atoms with Crippen LogP contribution >= 0.6 is 0 Å². The van der Waals surface area contributed by atoms with Crippen molar-refractivity contribution in [3.8, 4) is 0 Å². The van der Waals surface area contributed by atoms with Gasteiger partial charge < -0.3 is 10.8 Å². The summed E-state index contributed by atoms with van der Waals surface area (Å²) in [5.74, 6) is -2.33. The molecule has 0 radical (unpaired) electrons. The highest BCUT2D eigenvalue weighted by Gasteiger charge is 2.21. The molecule has 3 N–H and O–H groups in total. The molecule has 19 heavy (non-hydrogen) atoms. The fraction of sp³-hybridized carbons (Fsp3) is 0.333. The minimum absolute atomic E-state index is 0.0664. The lowest BCUT2D eigenvalue weighted by atomic mass is 10.1. The smallest absolute Gasteiger partial charge is 0.335 e. The van der Waals surface area contributed by atoms with Crippen LogP contribution < -0.4 is 5.73 Å². The molecule has 0 bridgehead atoms. The molecule has 0 aliphatic heterocycles. The summed E-state index contributed by atoms with van der Waals surface area (Å²) >= 11 is 0. The van der Waals surface area contributed by atoms with Crippen molar-refractivity contribution < 1.29 is 23.1 Å². The first-order valence-electron chi connectivity index (χ1n) is 5.50. The summed E-state index contributed by atoms with van der Waals surface area (Å²) in [6.07, 6.45) is -0.294. The number of amides is 1. The Labute approximate surface area is 111 Å². The monoisotopic (exact) mass is 285 g/mol. The Morgan fingerprint density at radius 2 is 1.79 bits per heavy atom. The van der Waals surface area contributed by atoms with Gasteiger partial charge in [0.2, 0.25) is 5.91 Å². The summed E-state index contributed by atoms with van der Waals surface area (Å²) in [5.41, 5.74) is 5.79. The Kier molecular flexibility index (Phi) is 4.31. The Hall–Kier alpha value is -1.89. The molecule has 0 aliphatic carbocycles. The zero-order valence-corrected chi connectivity index (χ0v) is 11.5. The van der Waals surface area contributed by atoms with Gasteiger partial charge in [0.25, 0.3) is 0 Å². The van der Waals surface area contributed by atoms with Crippen molar-refractivity contribution in [2.75, 3.05) is 5.75 Å². The van der Waals surface area contributed by atoms with E-state index in [1.807, 2.05) is 0 Å². The summed E-state index contributed by atoms with van der Waals surface area (Å²) < 4.78 is 24.1. The summed E-state index contributed by atoms with van der Waals surface area (Å²) in [7, 11) is -3.72. The van der Waals surface area contributed by atoms with Crippen molar-refractivity contribution in [2.45, 2.75) is 25.2 Å². The van der Waals surface area contributed by atoms with Crippen molar-refractivity contribution in [2.24, 2.45) is 5.73 Å². The van der Waals surface area contributed by atoms with E-state index in [1.54, 1.807) is 13.8 Å². The van der Waals surface area contributed by atoms with Crippen LogP contribution in [0.3, 0.4) is 0 Å². The van der Waals surface area contributed by atoms with Gasteiger partial charge in [0.15, 0.2) is 9.84 Å². The first-order chi connectivity index (χ1) is 8.65. The highest BCUT2D eigenvalue weighted by atomic mass is 32.2. The number of sulfone groups is 1. The molecule has 0 aliphatic rings. The van der Waals surface area contributed by atoms with E-state index >= 15 is 0 Å². The topological polar surface area (TPSA) is 115 Å². The molecule has 0 heterocycles. The van der Waals surface area contributed by atoms with Crippen LogP contribution in [0.5, 0.6) is 0 Å². The van der Waals surface area contributed by atoms with Crippen LogP contribution in [0.15, 0.2) is 17.0 Å². The maximum absolute atomic E-state index is 12.0. The second-order valence-electron chi connectivity index (χ2n) is 4.27. The predicted molar refractivity (Wildman–Crippen MR) is 68.7 cm³/mol. The molecule has 1 aromatic carbocycles. The van der Waals surface area contributed by atoms with Gasteiger partial charge in [0.05, 0.1) is 16.2 Å². The molecule has 1 amide bonds. The molecule has 0 aromatic heterocycles. The van der Waals surface area contributed by atoms with Crippen LogP contribution in [0.2, 0.25) is 0 Å². The van der Waals surface area contributed by atoms with Crippen LogP contribution in [0.1, 0.15) is 27.9 Å². The molecule has 6 nitrogen and oxygen atoms in total. The van der Waals surface area contributed by atoms with Gasteiger partial charge in [-0.3, -0.25) is 4.79 Å². The maximum Gasteiger partial charge on any atom is 0.335 e. The van der Waals surface area contributed by atoms with Gasteiger partial charge in [-0.05, 0) is 31.0 Å². The van der Waals surface area contributed by atoms with Gasteiger partial charge in [-0.25, -0.2) is 13.2 Å². The Morgan fingerprint density at radius 3 is 2.26 bits per heavy atom. The number of nitrogens with two attached hydrogens (primary N) is 1. The van der Waals surface area contributed by atoms with Crippen LogP contribution in [0.4, 0.5) is 0 Å². The molecule has 0 atom stereocenters. The predicted octanol–water partition coefficient (Wildman–Crippen LogP) is 0.651. The van der Waals surface area contributed by atoms with Gasteiger partial charge in [0, 0.05) is 6.42 Å². The summed E-state index contributed by atoms with van der Waals surface area (Å²) in [5, 5.41) is 9.00. The SMILES string of the molecule is Cc1cc(C)c(S(=O)(=O)CCC(N)=O)cc1C(=O)O. The normalized spacial score (nSPS) is 11.3. The van der Waals surface area contributed by atoms with Crippen molar-refractivity contribution in [3.63, 3.8) is 0 Å². The average molecular weight is 285 g/mol. The van der Waals surface area contributed by atoms with Gasteiger partial charge in [0.1, 0.15) is 0 Å². The molecule has 104 valence electrons. The number of primary amides is 1. The average Bonchev–Trinajstić information content (AvgIpc) is 2.25. The molecule has 1 rings (SSSR count). The Balaban J connectivity index is 3.30. The fourth-order valence-corrected chi connectivity index (χ4v) is 3.28. The first kappa shape index (κ1) is 15.2. The minimum Gasteiger partial charge on any atom is -0.478 e. The summed E-state index contributed by atoms with van der Waals surface area (Å²) in [6.45, 7) is 3.17. The molecule has 0 unspecified atom stereocenters. The third-order valence-electron chi connectivity index (χ3n) is 2.70. The number of hydrogen-bond donors (Lipinski definition) is 2. The van der Waals surface area contributed by atoms with Gasteiger partial charge in [-0.2, -0.15) is 0 Å². The molecule has 7 heteroatoms. The Morgan fingerprint density at radius 1 is 1.21 bits per heavy atom. The minimum atomic E-state index is -3.72. The lowest BCUT2D eigenvalue weighted by Crippen LogP contribution is -2.18. The molecule has 0 saturated carbocycles. The van der Waals surface area contributed by atoms with Crippen molar-refractivity contribution in [1.29, 1.82) is 0 Å². The number of carbonyl (C=O) groups excluding carboxylic acids is 1. The zero-order chi connectivity index (χ0) is 14.8. The van der Waals surface area contributed by atoms with E-state index in [9.17, 15) is 18.0 Å². The quantitative estimate of drug-likeness (QED) is 0.824. The van der Waals surface area contributed by atoms with E-state index in [-0.39, 0.29) is 16.9 Å². The number of hydrogen-bond acceptors (Lipinski definition) is 4. The lowest BCUT2D eigenvalue weighted by Gasteiger charge is -2.10. The number of aryl methyl sites for hydroxylation is 2. The lowest BCUT2D eigenvalue weighted by molar-refractivity contribution is -0.117. The van der Waals surface area contributed by atoms with E-state index in [2.05, 4.69) is 0 Å². The van der Waals surface area contributed by atoms with Gasteiger partial charge in [-0.15, -0.1) is 0 Å².